The van der Waals surface area contributed by atoms with Crippen LogP contribution in [0.2, 0.25) is 0 Å². The Kier molecular flexibility index (Phi) is 10.4. The van der Waals surface area contributed by atoms with Crippen molar-refractivity contribution >= 4 is 30.7 Å². The number of nitrogens with one attached hydrogen (secondary N) is 1. The first-order valence-corrected chi connectivity index (χ1v) is 9.59. The molecule has 2 aliphatic rings. The monoisotopic (exact) mass is 411 g/mol. The number of rotatable bonds is 7. The smallest absolute Gasteiger partial charge is 0.240 e. The van der Waals surface area contributed by atoms with Crippen LogP contribution in [0.4, 0.5) is 0 Å². The summed E-state index contributed by atoms with van der Waals surface area (Å²) < 4.78 is 5.73. The molecule has 1 amide bonds. The Morgan fingerprint density at radius 3 is 2.27 bits per heavy atom. The lowest BCUT2D eigenvalue weighted by Crippen LogP contribution is -2.76. The van der Waals surface area contributed by atoms with E-state index in [-0.39, 0.29) is 42.2 Å². The molecule has 5 nitrogen and oxygen atoms in total. The largest absolute Gasteiger partial charge is 0.378 e. The predicted octanol–water partition coefficient (Wildman–Crippen LogP) is 2.99. The molecule has 0 aromatic carbocycles. The van der Waals surface area contributed by atoms with Crippen LogP contribution in [0.5, 0.6) is 0 Å². The molecule has 2 rings (SSSR count). The molecule has 3 unspecified atom stereocenters. The van der Waals surface area contributed by atoms with E-state index in [2.05, 4.69) is 24.3 Å². The van der Waals surface area contributed by atoms with Crippen LogP contribution in [-0.4, -0.2) is 55.7 Å². The Bertz CT molecular complexity index is 443. The van der Waals surface area contributed by atoms with E-state index >= 15 is 0 Å². The summed E-state index contributed by atoms with van der Waals surface area (Å²) in [6.45, 7) is 7.42. The van der Waals surface area contributed by atoms with Crippen LogP contribution in [0.1, 0.15) is 59.3 Å². The Labute approximate surface area is 172 Å². The molecule has 156 valence electrons. The molecule has 0 aromatic rings. The molecule has 2 aliphatic carbocycles. The molecule has 0 saturated heterocycles. The maximum absolute atomic E-state index is 12.8. The molecule has 0 bridgehead atoms. The van der Waals surface area contributed by atoms with Crippen molar-refractivity contribution in [3.05, 3.63) is 0 Å². The number of carbonyl (C=O) groups excluding carboxylic acids is 1. The third-order valence-electron chi connectivity index (χ3n) is 6.56. The summed E-state index contributed by atoms with van der Waals surface area (Å²) in [6, 6.07) is 0.392. The van der Waals surface area contributed by atoms with Crippen LogP contribution >= 0.6 is 24.8 Å². The minimum absolute atomic E-state index is 0. The number of ether oxygens (including phenoxy) is 1. The molecule has 0 spiro atoms. The third kappa shape index (κ3) is 5.05. The van der Waals surface area contributed by atoms with E-state index in [1.54, 1.807) is 0 Å². The first kappa shape index (κ1) is 25.9. The fraction of sp³-hybridized carbons (Fsp3) is 0.947. The lowest BCUT2D eigenvalue weighted by Gasteiger charge is -2.57. The number of likely N-dealkylation sites (N-methyl/N-ethyl adjacent to an activating group) is 1. The van der Waals surface area contributed by atoms with Crippen molar-refractivity contribution in [1.82, 2.24) is 10.2 Å². The quantitative estimate of drug-likeness (QED) is 0.675. The molecule has 7 heteroatoms. The van der Waals surface area contributed by atoms with Gasteiger partial charge in [0.15, 0.2) is 0 Å². The van der Waals surface area contributed by atoms with E-state index in [1.165, 1.54) is 32.1 Å². The molecule has 2 fully saturated rings. The van der Waals surface area contributed by atoms with Crippen molar-refractivity contribution in [3.63, 3.8) is 0 Å². The second kappa shape index (κ2) is 10.5. The van der Waals surface area contributed by atoms with Crippen LogP contribution in [-0.2, 0) is 9.53 Å². The fourth-order valence-corrected chi connectivity index (χ4v) is 4.47. The average Bonchev–Trinajstić information content (AvgIpc) is 2.55. The molecule has 0 aromatic heterocycles. The van der Waals surface area contributed by atoms with Gasteiger partial charge in [0, 0.05) is 31.0 Å². The second-order valence-corrected chi connectivity index (χ2v) is 8.48. The lowest BCUT2D eigenvalue weighted by atomic mass is 9.54. The topological polar surface area (TPSA) is 67.6 Å². The highest BCUT2D eigenvalue weighted by Gasteiger charge is 2.62. The lowest BCUT2D eigenvalue weighted by molar-refractivity contribution is -0.170. The maximum Gasteiger partial charge on any atom is 0.240 e. The summed E-state index contributed by atoms with van der Waals surface area (Å²) in [4.78, 5) is 15.1. The zero-order valence-corrected chi connectivity index (χ0v) is 18.7. The van der Waals surface area contributed by atoms with Crippen LogP contribution in [0.25, 0.3) is 0 Å². The molecule has 2 saturated carbocycles. The first-order valence-electron chi connectivity index (χ1n) is 9.59. The van der Waals surface area contributed by atoms with Gasteiger partial charge in [-0.25, -0.2) is 0 Å². The highest BCUT2D eigenvalue weighted by Crippen LogP contribution is 2.49. The molecule has 0 heterocycles. The Balaban J connectivity index is 0.00000312. The van der Waals surface area contributed by atoms with Crippen LogP contribution < -0.4 is 11.1 Å². The summed E-state index contributed by atoms with van der Waals surface area (Å²) in [7, 11) is 4.23. The van der Waals surface area contributed by atoms with E-state index in [1.807, 2.05) is 20.8 Å². The minimum Gasteiger partial charge on any atom is -0.378 e. The van der Waals surface area contributed by atoms with Gasteiger partial charge in [0.1, 0.15) is 5.54 Å². The predicted molar refractivity (Wildman–Crippen MR) is 112 cm³/mol. The molecule has 3 N–H and O–H groups in total. The van der Waals surface area contributed by atoms with Gasteiger partial charge in [0.05, 0.1) is 6.10 Å². The van der Waals surface area contributed by atoms with Gasteiger partial charge in [0.25, 0.3) is 0 Å². The summed E-state index contributed by atoms with van der Waals surface area (Å²) in [5, 5.41) is 3.16. The number of nitrogens with two attached hydrogens (primary N) is 1. The average molecular weight is 412 g/mol. The Morgan fingerprint density at radius 2 is 1.81 bits per heavy atom. The van der Waals surface area contributed by atoms with Crippen molar-refractivity contribution in [1.29, 1.82) is 0 Å². The van der Waals surface area contributed by atoms with Gasteiger partial charge in [-0.05, 0) is 39.8 Å². The van der Waals surface area contributed by atoms with Gasteiger partial charge in [-0.1, -0.05) is 33.1 Å². The number of amides is 1. The third-order valence-corrected chi connectivity index (χ3v) is 6.56. The molecular weight excluding hydrogens is 373 g/mol. The Morgan fingerprint density at radius 1 is 1.23 bits per heavy atom. The molecule has 3 atom stereocenters. The zero-order valence-electron chi connectivity index (χ0n) is 17.0. The molecule has 0 aliphatic heterocycles. The van der Waals surface area contributed by atoms with E-state index < -0.39 is 5.54 Å². The van der Waals surface area contributed by atoms with Gasteiger partial charge < -0.3 is 20.7 Å². The first-order chi connectivity index (χ1) is 11.2. The van der Waals surface area contributed by atoms with Crippen molar-refractivity contribution < 1.29 is 9.53 Å². The molecule has 26 heavy (non-hydrogen) atoms. The van der Waals surface area contributed by atoms with Gasteiger partial charge in [0.2, 0.25) is 5.91 Å². The zero-order chi connectivity index (χ0) is 18.0. The highest BCUT2D eigenvalue weighted by atomic mass is 35.5. The number of nitrogens with zero attached hydrogens (tertiary/aromatic N) is 1. The minimum atomic E-state index is -0.823. The van der Waals surface area contributed by atoms with E-state index in [0.29, 0.717) is 31.5 Å². The fourth-order valence-electron chi connectivity index (χ4n) is 4.47. The highest BCUT2D eigenvalue weighted by molar-refractivity contribution is 5.88. The van der Waals surface area contributed by atoms with Crippen molar-refractivity contribution in [2.75, 3.05) is 27.2 Å². The molecular formula is C19H39Cl2N3O2. The maximum atomic E-state index is 12.8. The standard InChI is InChI=1S/C19H37N3O2.2ClH/c1-6-24-16-12-19(20,18(16,2)3)17(23)21-13-15(22(4)5)14-10-8-7-9-11-14;;/h14-16H,6-13,20H2,1-5H3,(H,21,23);2*1H. The van der Waals surface area contributed by atoms with Crippen molar-refractivity contribution in [2.24, 2.45) is 17.1 Å². The molecule has 0 radical (unpaired) electrons. The van der Waals surface area contributed by atoms with Crippen LogP contribution in [0, 0.1) is 11.3 Å². The SMILES string of the molecule is CCOC1CC(N)(C(=O)NCC(C2CCCCC2)N(C)C)C1(C)C.Cl.Cl. The van der Waals surface area contributed by atoms with Crippen molar-refractivity contribution in [2.45, 2.75) is 77.0 Å². The van der Waals surface area contributed by atoms with Crippen molar-refractivity contribution in [3.8, 4) is 0 Å². The number of hydrogen-bond acceptors (Lipinski definition) is 4. The summed E-state index contributed by atoms with van der Waals surface area (Å²) in [6.07, 6.45) is 7.19. The second-order valence-electron chi connectivity index (χ2n) is 8.48. The van der Waals surface area contributed by atoms with Gasteiger partial charge in [-0.2, -0.15) is 0 Å². The van der Waals surface area contributed by atoms with Gasteiger partial charge >= 0.3 is 0 Å². The van der Waals surface area contributed by atoms with E-state index in [0.717, 1.165) is 0 Å². The number of halogens is 2. The van der Waals surface area contributed by atoms with Gasteiger partial charge in [-0.15, -0.1) is 24.8 Å². The number of carbonyl (C=O) groups is 1. The summed E-state index contributed by atoms with van der Waals surface area (Å²) in [5.74, 6) is 0.652. The van der Waals surface area contributed by atoms with Crippen LogP contribution in [0.3, 0.4) is 0 Å². The van der Waals surface area contributed by atoms with Gasteiger partial charge in [-0.3, -0.25) is 4.79 Å². The van der Waals surface area contributed by atoms with Crippen LogP contribution in [0.15, 0.2) is 0 Å². The summed E-state index contributed by atoms with van der Waals surface area (Å²) in [5.41, 5.74) is 5.33. The van der Waals surface area contributed by atoms with E-state index in [9.17, 15) is 4.79 Å². The summed E-state index contributed by atoms with van der Waals surface area (Å²) >= 11 is 0. The van der Waals surface area contributed by atoms with E-state index in [4.69, 9.17) is 10.5 Å². The normalized spacial score (nSPS) is 29.1. The Hall–Kier alpha value is -0.0700. The number of hydrogen-bond donors (Lipinski definition) is 2.